The fraction of sp³-hybridized carbons (Fsp3) is 0.111. The zero-order valence-corrected chi connectivity index (χ0v) is 8.50. The van der Waals surface area contributed by atoms with Crippen LogP contribution in [0.2, 0.25) is 0 Å². The third kappa shape index (κ3) is 2.41. The Labute approximate surface area is 86.7 Å². The SMILES string of the molecule is ClCC(=C(Cl)Cl)c1ccccc1. The van der Waals surface area contributed by atoms with Gasteiger partial charge in [-0.2, -0.15) is 0 Å². The van der Waals surface area contributed by atoms with Gasteiger partial charge in [0.2, 0.25) is 0 Å². The van der Waals surface area contributed by atoms with Gasteiger partial charge in [0.15, 0.2) is 0 Å². The van der Waals surface area contributed by atoms with E-state index in [1.165, 1.54) is 0 Å². The van der Waals surface area contributed by atoms with Gasteiger partial charge in [-0.1, -0.05) is 53.5 Å². The van der Waals surface area contributed by atoms with Crippen molar-refractivity contribution >= 4 is 40.4 Å². The summed E-state index contributed by atoms with van der Waals surface area (Å²) in [4.78, 5) is 0. The minimum absolute atomic E-state index is 0.233. The molecule has 0 fully saturated rings. The molecule has 0 saturated heterocycles. The molecule has 0 aliphatic rings. The first kappa shape index (κ1) is 9.91. The molecule has 12 heavy (non-hydrogen) atoms. The van der Waals surface area contributed by atoms with E-state index < -0.39 is 0 Å². The van der Waals surface area contributed by atoms with E-state index in [1.54, 1.807) is 0 Å². The summed E-state index contributed by atoms with van der Waals surface area (Å²) >= 11 is 16.9. The van der Waals surface area contributed by atoms with Gasteiger partial charge >= 0.3 is 0 Å². The van der Waals surface area contributed by atoms with Crippen LogP contribution in [-0.2, 0) is 0 Å². The van der Waals surface area contributed by atoms with Crippen molar-refractivity contribution in [2.45, 2.75) is 0 Å². The molecule has 1 rings (SSSR count). The molecule has 0 aliphatic heterocycles. The number of hydrogen-bond donors (Lipinski definition) is 0. The van der Waals surface area contributed by atoms with Gasteiger partial charge in [-0.25, -0.2) is 0 Å². The van der Waals surface area contributed by atoms with E-state index in [4.69, 9.17) is 34.8 Å². The second kappa shape index (κ2) is 4.76. The minimum atomic E-state index is 0.233. The number of alkyl halides is 1. The maximum Gasteiger partial charge on any atom is 0.111 e. The van der Waals surface area contributed by atoms with Gasteiger partial charge in [0.1, 0.15) is 4.49 Å². The molecule has 0 atom stereocenters. The molecule has 0 spiro atoms. The molecule has 3 heteroatoms. The third-order valence-electron chi connectivity index (χ3n) is 1.48. The molecule has 1 aromatic rings. The number of allylic oxidation sites excluding steroid dienone is 1. The predicted molar refractivity (Wildman–Crippen MR) is 55.8 cm³/mol. The predicted octanol–water partition coefficient (Wildman–Crippen LogP) is 4.07. The summed E-state index contributed by atoms with van der Waals surface area (Å²) in [7, 11) is 0. The fourth-order valence-corrected chi connectivity index (χ4v) is 1.65. The van der Waals surface area contributed by atoms with Crippen LogP contribution in [0.3, 0.4) is 0 Å². The fourth-order valence-electron chi connectivity index (χ4n) is 0.876. The lowest BCUT2D eigenvalue weighted by atomic mass is 10.1. The van der Waals surface area contributed by atoms with E-state index in [2.05, 4.69) is 0 Å². The Kier molecular flexibility index (Phi) is 3.93. The summed E-state index contributed by atoms with van der Waals surface area (Å²) in [5.74, 6) is 0.326. The van der Waals surface area contributed by atoms with Crippen LogP contribution >= 0.6 is 34.8 Å². The van der Waals surface area contributed by atoms with Gasteiger partial charge < -0.3 is 0 Å². The van der Waals surface area contributed by atoms with Gasteiger partial charge in [0.05, 0.1) is 5.88 Å². The number of halogens is 3. The standard InChI is InChI=1S/C9H7Cl3/c10-6-8(9(11)12)7-4-2-1-3-5-7/h1-5H,6H2. The first-order valence-electron chi connectivity index (χ1n) is 3.41. The molecule has 1 aromatic carbocycles. The zero-order chi connectivity index (χ0) is 8.97. The molecular formula is C9H7Cl3. The summed E-state index contributed by atoms with van der Waals surface area (Å²) in [6, 6.07) is 9.60. The van der Waals surface area contributed by atoms with Crippen molar-refractivity contribution in [1.82, 2.24) is 0 Å². The van der Waals surface area contributed by atoms with E-state index in [0.29, 0.717) is 5.88 Å². The Morgan fingerprint density at radius 3 is 2.08 bits per heavy atom. The number of hydrogen-bond acceptors (Lipinski definition) is 0. The van der Waals surface area contributed by atoms with Crippen LogP contribution in [0.15, 0.2) is 34.8 Å². The van der Waals surface area contributed by atoms with Gasteiger partial charge in [-0.15, -0.1) is 11.6 Å². The summed E-state index contributed by atoms with van der Waals surface area (Å²) in [5, 5.41) is 0. The van der Waals surface area contributed by atoms with Gasteiger partial charge in [-0.3, -0.25) is 0 Å². The number of rotatable bonds is 2. The Morgan fingerprint density at radius 2 is 1.67 bits per heavy atom. The van der Waals surface area contributed by atoms with Gasteiger partial charge in [0, 0.05) is 5.57 Å². The molecule has 0 amide bonds. The number of benzene rings is 1. The largest absolute Gasteiger partial charge is 0.121 e. The Morgan fingerprint density at radius 1 is 1.08 bits per heavy atom. The summed E-state index contributed by atoms with van der Waals surface area (Å²) in [5.41, 5.74) is 1.73. The quantitative estimate of drug-likeness (QED) is 0.661. The molecule has 0 unspecified atom stereocenters. The lowest BCUT2D eigenvalue weighted by Gasteiger charge is -2.02. The first-order chi connectivity index (χ1) is 5.75. The molecule has 0 aromatic heterocycles. The lowest BCUT2D eigenvalue weighted by Crippen LogP contribution is -1.85. The highest BCUT2D eigenvalue weighted by Gasteiger charge is 2.03. The maximum atomic E-state index is 5.67. The highest BCUT2D eigenvalue weighted by molar-refractivity contribution is 6.59. The van der Waals surface area contributed by atoms with E-state index in [1.807, 2.05) is 30.3 Å². The van der Waals surface area contributed by atoms with Crippen LogP contribution in [0.25, 0.3) is 5.57 Å². The molecule has 0 nitrogen and oxygen atoms in total. The van der Waals surface area contributed by atoms with E-state index in [-0.39, 0.29) is 4.49 Å². The van der Waals surface area contributed by atoms with Crippen LogP contribution < -0.4 is 0 Å². The highest BCUT2D eigenvalue weighted by Crippen LogP contribution is 2.24. The van der Waals surface area contributed by atoms with Crippen LogP contribution in [-0.4, -0.2) is 5.88 Å². The molecule has 0 aliphatic carbocycles. The zero-order valence-electron chi connectivity index (χ0n) is 6.23. The van der Waals surface area contributed by atoms with Crippen LogP contribution in [0, 0.1) is 0 Å². The Hall–Kier alpha value is -0.170. The summed E-state index contributed by atoms with van der Waals surface area (Å²) < 4.78 is 0.233. The Bertz CT molecular complexity index is 273. The van der Waals surface area contributed by atoms with Crippen molar-refractivity contribution in [3.63, 3.8) is 0 Å². The van der Waals surface area contributed by atoms with Gasteiger partial charge in [-0.05, 0) is 5.56 Å². The average Bonchev–Trinajstić information content (AvgIpc) is 2.07. The molecule has 0 saturated carbocycles. The molecule has 64 valence electrons. The monoisotopic (exact) mass is 220 g/mol. The second-order valence-corrected chi connectivity index (χ2v) is 3.46. The van der Waals surface area contributed by atoms with Crippen molar-refractivity contribution in [2.75, 3.05) is 5.88 Å². The highest BCUT2D eigenvalue weighted by atomic mass is 35.5. The van der Waals surface area contributed by atoms with Crippen LogP contribution in [0.5, 0.6) is 0 Å². The lowest BCUT2D eigenvalue weighted by molar-refractivity contribution is 1.58. The molecule has 0 bridgehead atoms. The maximum absolute atomic E-state index is 5.67. The third-order valence-corrected chi connectivity index (χ3v) is 2.21. The van der Waals surface area contributed by atoms with E-state index in [0.717, 1.165) is 11.1 Å². The van der Waals surface area contributed by atoms with Gasteiger partial charge in [0.25, 0.3) is 0 Å². The van der Waals surface area contributed by atoms with Crippen LogP contribution in [0.4, 0.5) is 0 Å². The minimum Gasteiger partial charge on any atom is -0.121 e. The van der Waals surface area contributed by atoms with Crippen molar-refractivity contribution in [3.8, 4) is 0 Å². The summed E-state index contributed by atoms with van der Waals surface area (Å²) in [6.07, 6.45) is 0. The van der Waals surface area contributed by atoms with Crippen molar-refractivity contribution in [2.24, 2.45) is 0 Å². The van der Waals surface area contributed by atoms with Crippen molar-refractivity contribution in [1.29, 1.82) is 0 Å². The molecule has 0 radical (unpaired) electrons. The second-order valence-electron chi connectivity index (χ2n) is 2.24. The first-order valence-corrected chi connectivity index (χ1v) is 4.70. The normalized spacial score (nSPS) is 9.58. The topological polar surface area (TPSA) is 0 Å². The average molecular weight is 222 g/mol. The van der Waals surface area contributed by atoms with Crippen molar-refractivity contribution < 1.29 is 0 Å². The van der Waals surface area contributed by atoms with E-state index in [9.17, 15) is 0 Å². The van der Waals surface area contributed by atoms with Crippen molar-refractivity contribution in [3.05, 3.63) is 40.4 Å². The Balaban J connectivity index is 3.05. The molecule has 0 heterocycles. The molecule has 0 N–H and O–H groups in total. The smallest absolute Gasteiger partial charge is 0.111 e. The summed E-state index contributed by atoms with van der Waals surface area (Å²) in [6.45, 7) is 0. The van der Waals surface area contributed by atoms with Crippen LogP contribution in [0.1, 0.15) is 5.56 Å². The van der Waals surface area contributed by atoms with E-state index >= 15 is 0 Å². The molecular weight excluding hydrogens is 214 g/mol.